The Bertz CT molecular complexity index is 2460. The lowest BCUT2D eigenvalue weighted by molar-refractivity contribution is 0.0979. The van der Waals surface area contributed by atoms with Crippen molar-refractivity contribution in [2.45, 2.75) is 156 Å². The molecule has 0 fully saturated rings. The number of ketones is 2. The van der Waals surface area contributed by atoms with E-state index in [1.165, 1.54) is 119 Å². The summed E-state index contributed by atoms with van der Waals surface area (Å²) in [6, 6.07) is 21.1. The van der Waals surface area contributed by atoms with E-state index in [0.29, 0.717) is 22.3 Å². The number of carbonyl (C=O) groups excluding carboxylic acids is 2. The summed E-state index contributed by atoms with van der Waals surface area (Å²) in [7, 11) is 0. The van der Waals surface area contributed by atoms with E-state index in [1.807, 2.05) is 36.4 Å². The number of benzene rings is 2. The van der Waals surface area contributed by atoms with Gasteiger partial charge in [-0.25, -0.2) is 0 Å². The van der Waals surface area contributed by atoms with Gasteiger partial charge in [-0.2, -0.15) is 0 Å². The van der Waals surface area contributed by atoms with Gasteiger partial charge in [-0.05, 0) is 133 Å². The minimum absolute atomic E-state index is 0.0873. The Morgan fingerprint density at radius 3 is 1.09 bits per heavy atom. The number of thiophene rings is 4. The van der Waals surface area contributed by atoms with Gasteiger partial charge in [0.1, 0.15) is 0 Å². The van der Waals surface area contributed by atoms with Crippen molar-refractivity contribution < 1.29 is 9.59 Å². The molecule has 0 spiro atoms. The van der Waals surface area contributed by atoms with Crippen LogP contribution in [0.2, 0.25) is 0 Å². The van der Waals surface area contributed by atoms with Crippen LogP contribution in [0.5, 0.6) is 0 Å². The van der Waals surface area contributed by atoms with Gasteiger partial charge >= 0.3 is 0 Å². The maximum atomic E-state index is 14.6. The van der Waals surface area contributed by atoms with E-state index in [4.69, 9.17) is 12.8 Å². The standard InChI is InChI=1S/C58H64O2S4/c1-7-13-17-21-25-39-35-53(61-49(39)11-5)57-43(27-23-19-15-9-3)37-51(63-57)41-29-31-45-47(33-41)56(60)48-34-42(30-32-46(48)55(45)59)52-38-44(28-24-20-16-10-4)58(64-52)54-36-40(50(12-6)62-54)26-22-18-14-8-2/h5-6,29-38H,7-10,13-28H2,1-4H3. The van der Waals surface area contributed by atoms with Crippen molar-refractivity contribution in [3.63, 3.8) is 0 Å². The highest BCUT2D eigenvalue weighted by Gasteiger charge is 2.31. The van der Waals surface area contributed by atoms with Gasteiger partial charge in [-0.3, -0.25) is 9.59 Å². The molecule has 0 unspecified atom stereocenters. The maximum absolute atomic E-state index is 14.6. The van der Waals surface area contributed by atoms with Gasteiger partial charge < -0.3 is 0 Å². The van der Waals surface area contributed by atoms with Crippen LogP contribution in [-0.4, -0.2) is 11.6 Å². The summed E-state index contributed by atoms with van der Waals surface area (Å²) in [5.41, 5.74) is 9.15. The van der Waals surface area contributed by atoms with Crippen LogP contribution >= 0.6 is 45.3 Å². The van der Waals surface area contributed by atoms with Crippen molar-refractivity contribution >= 4 is 56.9 Å². The summed E-state index contributed by atoms with van der Waals surface area (Å²) < 4.78 is 0. The Balaban J connectivity index is 1.20. The first-order valence-electron chi connectivity index (χ1n) is 24.1. The molecule has 4 aromatic heterocycles. The fourth-order valence-corrected chi connectivity index (χ4v) is 13.8. The molecule has 7 rings (SSSR count). The molecule has 2 nitrogen and oxygen atoms in total. The molecular formula is C58H64O2S4. The van der Waals surface area contributed by atoms with E-state index in [1.54, 1.807) is 45.3 Å². The summed E-state index contributed by atoms with van der Waals surface area (Å²) in [5, 5.41) is 0. The summed E-state index contributed by atoms with van der Waals surface area (Å²) in [5.74, 6) is 5.82. The number of aryl methyl sites for hydroxylation is 4. The number of fused-ring (bicyclic) bond motifs is 2. The number of hydrogen-bond donors (Lipinski definition) is 0. The first-order valence-corrected chi connectivity index (χ1v) is 27.4. The molecule has 0 saturated heterocycles. The molecule has 0 N–H and O–H groups in total. The van der Waals surface area contributed by atoms with Crippen LogP contribution in [0.1, 0.15) is 194 Å². The molecule has 0 aliphatic heterocycles. The number of rotatable bonds is 24. The number of unbranched alkanes of at least 4 members (excludes halogenated alkanes) is 12. The van der Waals surface area contributed by atoms with E-state index in [9.17, 15) is 9.59 Å². The Kier molecular flexibility index (Phi) is 17.3. The highest BCUT2D eigenvalue weighted by Crippen LogP contribution is 2.46. The Morgan fingerprint density at radius 1 is 0.391 bits per heavy atom. The van der Waals surface area contributed by atoms with Crippen LogP contribution < -0.4 is 0 Å². The largest absolute Gasteiger partial charge is 0.289 e. The Hall–Kier alpha value is -4.30. The van der Waals surface area contributed by atoms with E-state index in [2.05, 4.69) is 63.8 Å². The highest BCUT2D eigenvalue weighted by atomic mass is 32.1. The van der Waals surface area contributed by atoms with Crippen molar-refractivity contribution in [2.24, 2.45) is 0 Å². The molecule has 332 valence electrons. The van der Waals surface area contributed by atoms with Gasteiger partial charge in [0, 0.05) is 51.5 Å². The fourth-order valence-electron chi connectivity index (χ4n) is 9.05. The zero-order chi connectivity index (χ0) is 45.0. The van der Waals surface area contributed by atoms with E-state index in [0.717, 1.165) is 82.0 Å². The SMILES string of the molecule is C#Cc1sc(-c2sc(-c3ccc4c(c3)C(=O)c3cc(-c5cc(CCCCCC)c(-c6cc(CCCCCC)c(C#C)s6)s5)ccc3C4=O)cc2CCCCCC)cc1CCCCCC. The molecule has 64 heavy (non-hydrogen) atoms. The van der Waals surface area contributed by atoms with Crippen LogP contribution in [0.4, 0.5) is 0 Å². The van der Waals surface area contributed by atoms with Crippen LogP contribution in [0.25, 0.3) is 40.4 Å². The predicted molar refractivity (Wildman–Crippen MR) is 280 cm³/mol. The quantitative estimate of drug-likeness (QED) is 0.0447. The monoisotopic (exact) mass is 920 g/mol. The second kappa shape index (κ2) is 23.2. The summed E-state index contributed by atoms with van der Waals surface area (Å²) >= 11 is 7.06. The van der Waals surface area contributed by atoms with Gasteiger partial charge in [0.15, 0.2) is 11.6 Å². The third-order valence-corrected chi connectivity index (χ3v) is 17.8. The topological polar surface area (TPSA) is 34.1 Å². The Labute approximate surface area is 400 Å². The molecule has 0 atom stereocenters. The molecule has 0 amide bonds. The van der Waals surface area contributed by atoms with Crippen molar-refractivity contribution in [1.29, 1.82) is 0 Å². The molecule has 1 aliphatic rings. The van der Waals surface area contributed by atoms with Gasteiger partial charge in [-0.15, -0.1) is 58.2 Å². The van der Waals surface area contributed by atoms with Gasteiger partial charge in [0.25, 0.3) is 0 Å². The van der Waals surface area contributed by atoms with Crippen LogP contribution in [0, 0.1) is 24.7 Å². The summed E-state index contributed by atoms with van der Waals surface area (Å²) in [4.78, 5) is 38.2. The molecule has 2 aromatic carbocycles. The smallest absolute Gasteiger partial charge is 0.194 e. The average Bonchev–Trinajstić information content (AvgIpc) is 4.13. The van der Waals surface area contributed by atoms with E-state index in [-0.39, 0.29) is 11.6 Å². The molecule has 0 radical (unpaired) electrons. The minimum Gasteiger partial charge on any atom is -0.289 e. The first kappa shape index (κ1) is 47.7. The predicted octanol–water partition coefficient (Wildman–Crippen LogP) is 17.8. The third-order valence-electron chi connectivity index (χ3n) is 12.7. The molecule has 6 heteroatoms. The van der Waals surface area contributed by atoms with Gasteiger partial charge in [0.2, 0.25) is 0 Å². The second-order valence-corrected chi connectivity index (χ2v) is 21.8. The Morgan fingerprint density at radius 2 is 0.734 bits per heavy atom. The molecular weight excluding hydrogens is 857 g/mol. The molecule has 6 aromatic rings. The average molecular weight is 921 g/mol. The highest BCUT2D eigenvalue weighted by molar-refractivity contribution is 7.25. The van der Waals surface area contributed by atoms with E-state index >= 15 is 0 Å². The third kappa shape index (κ3) is 11.0. The lowest BCUT2D eigenvalue weighted by Crippen LogP contribution is -2.20. The van der Waals surface area contributed by atoms with E-state index < -0.39 is 0 Å². The van der Waals surface area contributed by atoms with Crippen molar-refractivity contribution in [2.75, 3.05) is 0 Å². The fraction of sp³-hybridized carbons (Fsp3) is 0.414. The molecule has 4 heterocycles. The van der Waals surface area contributed by atoms with Crippen LogP contribution in [0.15, 0.2) is 60.7 Å². The van der Waals surface area contributed by atoms with Crippen LogP contribution in [0.3, 0.4) is 0 Å². The molecule has 1 aliphatic carbocycles. The van der Waals surface area contributed by atoms with Gasteiger partial charge in [-0.1, -0.05) is 129 Å². The minimum atomic E-state index is -0.0894. The maximum Gasteiger partial charge on any atom is 0.194 e. The summed E-state index contributed by atoms with van der Waals surface area (Å²) in [6.45, 7) is 9.00. The summed E-state index contributed by atoms with van der Waals surface area (Å²) in [6.07, 6.45) is 35.4. The van der Waals surface area contributed by atoms with Crippen molar-refractivity contribution in [3.05, 3.63) is 115 Å². The molecule has 0 saturated carbocycles. The lowest BCUT2D eigenvalue weighted by atomic mass is 9.82. The lowest BCUT2D eigenvalue weighted by Gasteiger charge is -2.19. The normalized spacial score (nSPS) is 12.1. The second-order valence-electron chi connectivity index (χ2n) is 17.6. The van der Waals surface area contributed by atoms with Crippen molar-refractivity contribution in [1.82, 2.24) is 0 Å². The van der Waals surface area contributed by atoms with Crippen molar-refractivity contribution in [3.8, 4) is 65.1 Å². The first-order chi connectivity index (χ1) is 31.3. The van der Waals surface area contributed by atoms with Crippen LogP contribution in [-0.2, 0) is 25.7 Å². The number of terminal acetylenes is 2. The van der Waals surface area contributed by atoms with Gasteiger partial charge in [0.05, 0.1) is 9.75 Å². The molecule has 0 bridgehead atoms. The zero-order valence-electron chi connectivity index (χ0n) is 38.5. The zero-order valence-corrected chi connectivity index (χ0v) is 41.8. The number of hydrogen-bond acceptors (Lipinski definition) is 6. The number of carbonyl (C=O) groups is 2.